The lowest BCUT2D eigenvalue weighted by atomic mass is 10.1. The second kappa shape index (κ2) is 5.84. The van der Waals surface area contributed by atoms with Gasteiger partial charge in [0.05, 0.1) is 6.54 Å². The number of anilines is 1. The number of carbonyl (C=O) groups excluding carboxylic acids is 2. The van der Waals surface area contributed by atoms with Gasteiger partial charge in [-0.05, 0) is 12.1 Å². The molecule has 1 aromatic carbocycles. The molecule has 0 spiro atoms. The van der Waals surface area contributed by atoms with Crippen molar-refractivity contribution in [2.45, 2.75) is 6.92 Å². The van der Waals surface area contributed by atoms with Gasteiger partial charge in [-0.15, -0.1) is 0 Å². The van der Waals surface area contributed by atoms with Crippen molar-refractivity contribution in [3.8, 4) is 0 Å². The number of ketones is 1. The summed E-state index contributed by atoms with van der Waals surface area (Å²) in [7, 11) is 0. The zero-order valence-electron chi connectivity index (χ0n) is 11.1. The molecule has 0 atom stereocenters. The van der Waals surface area contributed by atoms with E-state index in [1.807, 2.05) is 4.90 Å². The van der Waals surface area contributed by atoms with Crippen LogP contribution in [0.5, 0.6) is 0 Å². The Morgan fingerprint density at radius 1 is 1.21 bits per heavy atom. The minimum absolute atomic E-state index is 0.0728. The van der Waals surface area contributed by atoms with E-state index in [0.717, 1.165) is 13.1 Å². The van der Waals surface area contributed by atoms with E-state index in [4.69, 9.17) is 5.73 Å². The van der Waals surface area contributed by atoms with Crippen molar-refractivity contribution in [1.82, 2.24) is 9.80 Å². The number of carbonyl (C=O) groups is 2. The second-order valence-electron chi connectivity index (χ2n) is 4.83. The monoisotopic (exact) mass is 261 g/mol. The van der Waals surface area contributed by atoms with Crippen molar-refractivity contribution in [2.75, 3.05) is 38.5 Å². The van der Waals surface area contributed by atoms with Gasteiger partial charge in [-0.1, -0.05) is 12.1 Å². The smallest absolute Gasteiger partial charge is 0.219 e. The molecule has 0 bridgehead atoms. The maximum Gasteiger partial charge on any atom is 0.219 e. The van der Waals surface area contributed by atoms with Gasteiger partial charge >= 0.3 is 0 Å². The molecule has 0 unspecified atom stereocenters. The van der Waals surface area contributed by atoms with Gasteiger partial charge in [0, 0.05) is 44.4 Å². The number of hydrogen-bond donors (Lipinski definition) is 1. The zero-order chi connectivity index (χ0) is 13.8. The summed E-state index contributed by atoms with van der Waals surface area (Å²) in [6.07, 6.45) is 0. The van der Waals surface area contributed by atoms with E-state index in [9.17, 15) is 9.59 Å². The molecule has 1 fully saturated rings. The molecule has 0 radical (unpaired) electrons. The fourth-order valence-electron chi connectivity index (χ4n) is 2.23. The largest absolute Gasteiger partial charge is 0.399 e. The molecular formula is C14H19N3O2. The number of benzene rings is 1. The average Bonchev–Trinajstić information content (AvgIpc) is 2.39. The Hall–Kier alpha value is -1.88. The predicted octanol–water partition coefficient (Wildman–Crippen LogP) is 0.616. The van der Waals surface area contributed by atoms with Crippen LogP contribution in [0, 0.1) is 0 Å². The van der Waals surface area contributed by atoms with Gasteiger partial charge in [-0.3, -0.25) is 14.5 Å². The van der Waals surface area contributed by atoms with Crippen molar-refractivity contribution in [2.24, 2.45) is 0 Å². The van der Waals surface area contributed by atoms with Crippen LogP contribution in [0.1, 0.15) is 17.3 Å². The van der Waals surface area contributed by atoms with E-state index >= 15 is 0 Å². The average molecular weight is 261 g/mol. The van der Waals surface area contributed by atoms with E-state index in [-0.39, 0.29) is 11.7 Å². The van der Waals surface area contributed by atoms with E-state index in [0.29, 0.717) is 30.9 Å². The molecule has 1 aliphatic heterocycles. The van der Waals surface area contributed by atoms with Crippen LogP contribution in [-0.2, 0) is 4.79 Å². The number of nitrogens with zero attached hydrogens (tertiary/aromatic N) is 2. The summed E-state index contributed by atoms with van der Waals surface area (Å²) in [6.45, 7) is 4.84. The number of Topliss-reactive ketones (excluding diaryl/α,β-unsaturated/α-hetero) is 1. The van der Waals surface area contributed by atoms with E-state index < -0.39 is 0 Å². The summed E-state index contributed by atoms with van der Waals surface area (Å²) < 4.78 is 0. The van der Waals surface area contributed by atoms with Gasteiger partial charge in [0.1, 0.15) is 0 Å². The highest BCUT2D eigenvalue weighted by molar-refractivity contribution is 5.98. The number of hydrogen-bond acceptors (Lipinski definition) is 4. The SMILES string of the molecule is CC(=O)N1CCN(CC(=O)c2cccc(N)c2)CC1. The first-order valence-corrected chi connectivity index (χ1v) is 6.43. The van der Waals surface area contributed by atoms with Crippen molar-refractivity contribution < 1.29 is 9.59 Å². The topological polar surface area (TPSA) is 66.6 Å². The van der Waals surface area contributed by atoms with Crippen molar-refractivity contribution in [1.29, 1.82) is 0 Å². The number of nitrogens with two attached hydrogens (primary N) is 1. The second-order valence-corrected chi connectivity index (χ2v) is 4.83. The molecule has 0 aromatic heterocycles. The van der Waals surface area contributed by atoms with Crippen molar-refractivity contribution in [3.63, 3.8) is 0 Å². The van der Waals surface area contributed by atoms with Crippen molar-refractivity contribution >= 4 is 17.4 Å². The first-order chi connectivity index (χ1) is 9.06. The minimum atomic E-state index is 0.0728. The molecule has 1 amide bonds. The Balaban J connectivity index is 1.89. The number of nitrogen functional groups attached to an aromatic ring is 1. The predicted molar refractivity (Wildman–Crippen MR) is 73.9 cm³/mol. The van der Waals surface area contributed by atoms with Crippen LogP contribution in [0.2, 0.25) is 0 Å². The van der Waals surface area contributed by atoms with E-state index in [2.05, 4.69) is 4.90 Å². The van der Waals surface area contributed by atoms with Crippen LogP contribution in [0.25, 0.3) is 0 Å². The van der Waals surface area contributed by atoms with Crippen LogP contribution < -0.4 is 5.73 Å². The van der Waals surface area contributed by atoms with Gasteiger partial charge < -0.3 is 10.6 Å². The Labute approximate surface area is 113 Å². The quantitative estimate of drug-likeness (QED) is 0.639. The normalized spacial score (nSPS) is 16.4. The van der Waals surface area contributed by atoms with Gasteiger partial charge in [0.25, 0.3) is 0 Å². The van der Waals surface area contributed by atoms with Crippen LogP contribution in [0.15, 0.2) is 24.3 Å². The molecule has 5 nitrogen and oxygen atoms in total. The lowest BCUT2D eigenvalue weighted by Gasteiger charge is -2.33. The Morgan fingerprint density at radius 3 is 2.47 bits per heavy atom. The highest BCUT2D eigenvalue weighted by Crippen LogP contribution is 2.09. The number of amides is 1. The Morgan fingerprint density at radius 2 is 1.89 bits per heavy atom. The maximum atomic E-state index is 12.1. The minimum Gasteiger partial charge on any atom is -0.399 e. The zero-order valence-corrected chi connectivity index (χ0v) is 11.1. The first-order valence-electron chi connectivity index (χ1n) is 6.43. The molecule has 2 rings (SSSR count). The highest BCUT2D eigenvalue weighted by Gasteiger charge is 2.20. The summed E-state index contributed by atoms with van der Waals surface area (Å²) in [4.78, 5) is 27.2. The molecule has 2 N–H and O–H groups in total. The van der Waals surface area contributed by atoms with E-state index in [1.165, 1.54) is 0 Å². The molecule has 0 saturated carbocycles. The Bertz CT molecular complexity index is 479. The lowest BCUT2D eigenvalue weighted by Crippen LogP contribution is -2.49. The highest BCUT2D eigenvalue weighted by atomic mass is 16.2. The van der Waals surface area contributed by atoms with Gasteiger partial charge in [0.15, 0.2) is 5.78 Å². The van der Waals surface area contributed by atoms with Crippen LogP contribution in [-0.4, -0.2) is 54.2 Å². The summed E-state index contributed by atoms with van der Waals surface area (Å²) in [5.41, 5.74) is 6.92. The third kappa shape index (κ3) is 3.54. The summed E-state index contributed by atoms with van der Waals surface area (Å²) in [5, 5.41) is 0. The number of piperazine rings is 1. The Kier molecular flexibility index (Phi) is 4.16. The van der Waals surface area contributed by atoms with Gasteiger partial charge in [-0.25, -0.2) is 0 Å². The van der Waals surface area contributed by atoms with Crippen LogP contribution in [0.3, 0.4) is 0 Å². The fraction of sp³-hybridized carbons (Fsp3) is 0.429. The van der Waals surface area contributed by atoms with Crippen LogP contribution in [0.4, 0.5) is 5.69 Å². The maximum absolute atomic E-state index is 12.1. The van der Waals surface area contributed by atoms with Gasteiger partial charge in [-0.2, -0.15) is 0 Å². The van der Waals surface area contributed by atoms with Crippen molar-refractivity contribution in [3.05, 3.63) is 29.8 Å². The molecule has 5 heteroatoms. The molecule has 1 heterocycles. The first kappa shape index (κ1) is 13.5. The summed E-state index contributed by atoms with van der Waals surface area (Å²) >= 11 is 0. The molecule has 0 aliphatic carbocycles. The molecule has 1 aromatic rings. The van der Waals surface area contributed by atoms with Crippen LogP contribution >= 0.6 is 0 Å². The molecule has 19 heavy (non-hydrogen) atoms. The third-order valence-corrected chi connectivity index (χ3v) is 3.39. The number of rotatable bonds is 3. The molecule has 1 saturated heterocycles. The molecule has 102 valence electrons. The third-order valence-electron chi connectivity index (χ3n) is 3.39. The molecule has 1 aliphatic rings. The van der Waals surface area contributed by atoms with E-state index in [1.54, 1.807) is 31.2 Å². The standard InChI is InChI=1S/C14H19N3O2/c1-11(18)17-7-5-16(6-8-17)10-14(19)12-3-2-4-13(15)9-12/h2-4,9H,5-8,10,15H2,1H3. The summed E-state index contributed by atoms with van der Waals surface area (Å²) in [5.74, 6) is 0.172. The lowest BCUT2D eigenvalue weighted by molar-refractivity contribution is -0.130. The summed E-state index contributed by atoms with van der Waals surface area (Å²) in [6, 6.07) is 7.04. The van der Waals surface area contributed by atoms with Gasteiger partial charge in [0.2, 0.25) is 5.91 Å². The fourth-order valence-corrected chi connectivity index (χ4v) is 2.23. The molecular weight excluding hydrogens is 242 g/mol.